The predicted octanol–water partition coefficient (Wildman–Crippen LogP) is 17.8. The lowest BCUT2D eigenvalue weighted by molar-refractivity contribution is 0.249. The molecule has 2 aliphatic carbocycles. The van der Waals surface area contributed by atoms with Crippen molar-refractivity contribution in [3.8, 4) is 33.4 Å². The minimum absolute atomic E-state index is 0.108. The molecule has 12 aromatic carbocycles. The SMILES string of the molecule is CC(C)(C)c1cc2c3c(c1)N(c1c(-c4ccccc4)cc(-c4ccccc4)cc1-c1ccccc1)c1cc4c(cc1B3c1ccccc1N2c1ccccc1)B1c2ccccc2N(c2ccccc2)c2cc(N3C5C=C6CC(C5)CC3C6)cc(c21)N4c1ccccc1. The van der Waals surface area contributed by atoms with E-state index < -0.39 is 0 Å². The molecule has 1 saturated carbocycles. The number of nitrogens with zero attached hydrogens (tertiary/aromatic N) is 5. The molecule has 3 unspecified atom stereocenters. The molecule has 7 heteroatoms. The van der Waals surface area contributed by atoms with Crippen LogP contribution < -0.4 is 57.3 Å². The summed E-state index contributed by atoms with van der Waals surface area (Å²) >= 11 is 0. The fourth-order valence-electron chi connectivity index (χ4n) is 17.5. The molecule has 20 rings (SSSR count). The number of fused-ring (bicyclic) bond motifs is 8. The number of rotatable bonds is 8. The summed E-state index contributed by atoms with van der Waals surface area (Å²) in [5.41, 5.74) is 33.2. The van der Waals surface area contributed by atoms with Crippen LogP contribution in [0.15, 0.2) is 291 Å². The zero-order valence-corrected chi connectivity index (χ0v) is 52.1. The van der Waals surface area contributed by atoms with Gasteiger partial charge in [-0.15, -0.1) is 0 Å². The molecule has 6 aliphatic heterocycles. The Kier molecular flexibility index (Phi) is 11.9. The van der Waals surface area contributed by atoms with Gasteiger partial charge in [0.25, 0.3) is 13.4 Å². The maximum absolute atomic E-state index is 2.85. The van der Waals surface area contributed by atoms with E-state index in [0.29, 0.717) is 12.1 Å². The van der Waals surface area contributed by atoms with E-state index in [-0.39, 0.29) is 18.8 Å². The van der Waals surface area contributed by atoms with Gasteiger partial charge in [0.15, 0.2) is 0 Å². The molecule has 8 aliphatic rings. The van der Waals surface area contributed by atoms with Gasteiger partial charge in [-0.25, -0.2) is 0 Å². The summed E-state index contributed by atoms with van der Waals surface area (Å²) in [5, 5.41) is 0. The molecule has 92 heavy (non-hydrogen) atoms. The van der Waals surface area contributed by atoms with Crippen molar-refractivity contribution in [2.45, 2.75) is 64.0 Å². The first-order chi connectivity index (χ1) is 45.3. The molecular formula is C85H67B2N5. The lowest BCUT2D eigenvalue weighted by atomic mass is 9.30. The largest absolute Gasteiger partial charge is 0.362 e. The highest BCUT2D eigenvalue weighted by Crippen LogP contribution is 2.56. The average Bonchev–Trinajstić information content (AvgIpc) is 0.684. The molecular weight excluding hydrogens is 1110 g/mol. The van der Waals surface area contributed by atoms with Crippen LogP contribution in [-0.2, 0) is 5.41 Å². The highest BCUT2D eigenvalue weighted by Gasteiger charge is 2.51. The van der Waals surface area contributed by atoms with Crippen molar-refractivity contribution in [1.29, 1.82) is 0 Å². The number of piperidine rings is 1. The van der Waals surface area contributed by atoms with E-state index in [1.165, 1.54) is 137 Å². The second-order valence-corrected chi connectivity index (χ2v) is 27.6. The summed E-state index contributed by atoms with van der Waals surface area (Å²) in [5.74, 6) is 0.766. The minimum atomic E-state index is -0.223. The smallest absolute Gasteiger partial charge is 0.252 e. The molecule has 5 nitrogen and oxygen atoms in total. The van der Waals surface area contributed by atoms with Crippen molar-refractivity contribution < 1.29 is 0 Å². The van der Waals surface area contributed by atoms with Gasteiger partial charge in [0.05, 0.1) is 5.69 Å². The summed E-state index contributed by atoms with van der Waals surface area (Å²) in [6, 6.07) is 107. The van der Waals surface area contributed by atoms with Crippen molar-refractivity contribution in [3.63, 3.8) is 0 Å². The third-order valence-electron chi connectivity index (χ3n) is 21.3. The summed E-state index contributed by atoms with van der Waals surface area (Å²) in [7, 11) is 0. The Balaban J connectivity index is 0.972. The topological polar surface area (TPSA) is 16.2 Å². The van der Waals surface area contributed by atoms with Crippen molar-refractivity contribution in [3.05, 3.63) is 296 Å². The van der Waals surface area contributed by atoms with Gasteiger partial charge in [-0.2, -0.15) is 0 Å². The normalized spacial score (nSPS) is 17.6. The minimum Gasteiger partial charge on any atom is -0.362 e. The Hall–Kier alpha value is -10.5. The van der Waals surface area contributed by atoms with Gasteiger partial charge in [-0.1, -0.05) is 220 Å². The highest BCUT2D eigenvalue weighted by molar-refractivity contribution is 7.03. The van der Waals surface area contributed by atoms with Crippen LogP contribution in [0.2, 0.25) is 0 Å². The number of para-hydroxylation sites is 5. The first-order valence-corrected chi connectivity index (χ1v) is 33.2. The average molecular weight is 1180 g/mol. The van der Waals surface area contributed by atoms with Crippen LogP contribution in [0, 0.1) is 5.92 Å². The first kappa shape index (κ1) is 53.4. The van der Waals surface area contributed by atoms with E-state index in [4.69, 9.17) is 0 Å². The number of anilines is 13. The lowest BCUT2D eigenvalue weighted by Gasteiger charge is -2.54. The van der Waals surface area contributed by atoms with Crippen LogP contribution >= 0.6 is 0 Å². The fourth-order valence-corrected chi connectivity index (χ4v) is 17.5. The van der Waals surface area contributed by atoms with Crippen LogP contribution in [0.25, 0.3) is 33.4 Å². The monoisotopic (exact) mass is 1180 g/mol. The van der Waals surface area contributed by atoms with Crippen molar-refractivity contribution in [1.82, 2.24) is 0 Å². The van der Waals surface area contributed by atoms with Crippen molar-refractivity contribution in [2.75, 3.05) is 24.5 Å². The summed E-state index contributed by atoms with van der Waals surface area (Å²) in [6.07, 6.45) is 7.52. The fraction of sp³-hybridized carbons (Fsp3) is 0.129. The molecule has 3 atom stereocenters. The van der Waals surface area contributed by atoms with Gasteiger partial charge in [-0.3, -0.25) is 0 Å². The molecule has 1 saturated heterocycles. The lowest BCUT2D eigenvalue weighted by Crippen LogP contribution is -2.65. The zero-order valence-electron chi connectivity index (χ0n) is 52.1. The van der Waals surface area contributed by atoms with E-state index >= 15 is 0 Å². The molecule has 6 heterocycles. The summed E-state index contributed by atoms with van der Waals surface area (Å²) in [6.45, 7) is 6.90. The van der Waals surface area contributed by atoms with Gasteiger partial charge < -0.3 is 24.5 Å². The van der Waals surface area contributed by atoms with E-state index in [9.17, 15) is 0 Å². The second-order valence-electron chi connectivity index (χ2n) is 27.6. The van der Waals surface area contributed by atoms with Crippen molar-refractivity contribution in [2.24, 2.45) is 5.92 Å². The predicted molar refractivity (Wildman–Crippen MR) is 390 cm³/mol. The first-order valence-electron chi connectivity index (χ1n) is 33.2. The molecule has 0 amide bonds. The Labute approximate surface area is 541 Å². The molecule has 0 radical (unpaired) electrons. The third-order valence-corrected chi connectivity index (χ3v) is 21.3. The van der Waals surface area contributed by atoms with Crippen LogP contribution in [-0.4, -0.2) is 25.5 Å². The molecule has 0 spiro atoms. The van der Waals surface area contributed by atoms with Gasteiger partial charge in [0, 0.05) is 91.5 Å². The van der Waals surface area contributed by atoms with Crippen LogP contribution in [0.5, 0.6) is 0 Å². The summed E-state index contributed by atoms with van der Waals surface area (Å²) in [4.78, 5) is 13.4. The second kappa shape index (κ2) is 20.5. The van der Waals surface area contributed by atoms with Crippen molar-refractivity contribution >= 4 is 120 Å². The maximum atomic E-state index is 2.85. The zero-order chi connectivity index (χ0) is 60.9. The molecule has 438 valence electrons. The van der Waals surface area contributed by atoms with Gasteiger partial charge in [-0.05, 0) is 189 Å². The summed E-state index contributed by atoms with van der Waals surface area (Å²) < 4.78 is 0. The molecule has 2 fully saturated rings. The number of hydrogen-bond acceptors (Lipinski definition) is 5. The molecule has 12 aromatic rings. The van der Waals surface area contributed by atoms with Gasteiger partial charge >= 0.3 is 0 Å². The third kappa shape index (κ3) is 8.13. The van der Waals surface area contributed by atoms with Crippen LogP contribution in [0.3, 0.4) is 0 Å². The number of hydrogen-bond donors (Lipinski definition) is 0. The van der Waals surface area contributed by atoms with Crippen LogP contribution in [0.4, 0.5) is 73.9 Å². The Morgan fingerprint density at radius 2 is 0.761 bits per heavy atom. The Bertz CT molecular complexity index is 4910. The van der Waals surface area contributed by atoms with E-state index in [1.807, 2.05) is 0 Å². The number of benzene rings is 12. The molecule has 4 bridgehead atoms. The highest BCUT2D eigenvalue weighted by atomic mass is 15.2. The van der Waals surface area contributed by atoms with Crippen LogP contribution in [0.1, 0.15) is 52.0 Å². The molecule has 0 aromatic heterocycles. The van der Waals surface area contributed by atoms with E-state index in [2.05, 4.69) is 330 Å². The maximum Gasteiger partial charge on any atom is 0.252 e. The molecule has 0 N–H and O–H groups in total. The Morgan fingerprint density at radius 3 is 1.24 bits per heavy atom. The van der Waals surface area contributed by atoms with E-state index in [1.54, 1.807) is 5.57 Å². The quantitative estimate of drug-likeness (QED) is 0.111. The standard InChI is InChI=1S/C85H67B2N5/c1-85(2,3)61-49-78-82-79(50-61)92(84-68(58-28-12-5-13-29-58)47-60(57-26-10-4-11-27-57)48-69(84)59-30-14-6-15-31-59)77-54-76-72(53-73(77)87(82)70-38-22-24-40-74(70)89(78)62-32-16-7-17-33-62)86-71-39-23-25-41-75(71)90(63-34-18-8-19-35-63)80-51-67(88-65-43-55-42-56(45-65)46-66(88)44-55)52-81(83(80)86)91(76)64-36-20-9-21-37-64/h4-41,43,47-54,56,65-66H,42,44-46H2,1-3H3. The van der Waals surface area contributed by atoms with Gasteiger partial charge in [0.2, 0.25) is 0 Å². The van der Waals surface area contributed by atoms with Gasteiger partial charge in [0.1, 0.15) is 0 Å². The van der Waals surface area contributed by atoms with E-state index in [0.717, 1.165) is 40.5 Å². The Morgan fingerprint density at radius 1 is 0.337 bits per heavy atom.